The fourth-order valence-corrected chi connectivity index (χ4v) is 1.45. The Morgan fingerprint density at radius 2 is 2.24 bits per heavy atom. The Kier molecular flexibility index (Phi) is 3.62. The average Bonchev–Trinajstić information content (AvgIpc) is 2.75. The van der Waals surface area contributed by atoms with Crippen LogP contribution < -0.4 is 0 Å². The van der Waals surface area contributed by atoms with Crippen molar-refractivity contribution in [2.75, 3.05) is 13.7 Å². The van der Waals surface area contributed by atoms with Crippen LogP contribution in [0.3, 0.4) is 0 Å². The molecule has 2 aromatic rings. The van der Waals surface area contributed by atoms with Crippen LogP contribution in [0.5, 0.6) is 0 Å². The molecule has 0 bridgehead atoms. The number of hydrogen-bond donors (Lipinski definition) is 1. The normalized spacial score (nSPS) is 13.1. The van der Waals surface area contributed by atoms with E-state index >= 15 is 0 Å². The molecule has 2 aromatic heterocycles. The second kappa shape index (κ2) is 5.17. The molecule has 7 nitrogen and oxygen atoms in total. The minimum atomic E-state index is -0.643. The lowest BCUT2D eigenvalue weighted by atomic mass is 10.4. The number of nitrogens with zero attached hydrogens (tertiary/aromatic N) is 4. The van der Waals surface area contributed by atoms with Crippen LogP contribution >= 0.6 is 0 Å². The first kappa shape index (κ1) is 11.9. The molecule has 92 valence electrons. The molecule has 0 aromatic carbocycles. The van der Waals surface area contributed by atoms with E-state index in [1.165, 1.54) is 13.4 Å². The minimum absolute atomic E-state index is 0.197. The molecule has 0 aliphatic heterocycles. The van der Waals surface area contributed by atoms with Crippen molar-refractivity contribution < 1.29 is 14.6 Å². The number of ether oxygens (including phenoxy) is 2. The number of imidazole rings is 1. The van der Waals surface area contributed by atoms with Gasteiger partial charge in [0.1, 0.15) is 18.6 Å². The summed E-state index contributed by atoms with van der Waals surface area (Å²) in [5.74, 6) is 0. The van der Waals surface area contributed by atoms with E-state index in [2.05, 4.69) is 15.0 Å². The lowest BCUT2D eigenvalue weighted by Crippen LogP contribution is -2.21. The molecule has 1 unspecified atom stereocenters. The predicted octanol–water partition coefficient (Wildman–Crippen LogP) is 0.0736. The Labute approximate surface area is 98.0 Å². The fourth-order valence-electron chi connectivity index (χ4n) is 1.45. The van der Waals surface area contributed by atoms with E-state index in [1.807, 2.05) is 6.92 Å². The molecule has 7 heteroatoms. The van der Waals surface area contributed by atoms with Crippen LogP contribution in [0.4, 0.5) is 0 Å². The van der Waals surface area contributed by atoms with E-state index in [9.17, 15) is 0 Å². The standard InChI is InChI=1S/C10H14N4O3/c1-7-9-10(12-4-11-7)14(5-13-9)6-17-8(3-15)16-2/h4-5,8,15H,3,6H2,1-2H3. The number of methoxy groups -OCH3 is 1. The zero-order chi connectivity index (χ0) is 12.3. The molecule has 0 spiro atoms. The summed E-state index contributed by atoms with van der Waals surface area (Å²) >= 11 is 0. The monoisotopic (exact) mass is 238 g/mol. The largest absolute Gasteiger partial charge is 0.391 e. The maximum Gasteiger partial charge on any atom is 0.182 e. The maximum absolute atomic E-state index is 8.91. The van der Waals surface area contributed by atoms with Crippen LogP contribution in [0.2, 0.25) is 0 Å². The first-order valence-electron chi connectivity index (χ1n) is 5.14. The average molecular weight is 238 g/mol. The Balaban J connectivity index is 2.17. The topological polar surface area (TPSA) is 82.3 Å². The number of aryl methyl sites for hydroxylation is 1. The van der Waals surface area contributed by atoms with Gasteiger partial charge in [-0.3, -0.25) is 4.57 Å². The van der Waals surface area contributed by atoms with E-state index in [1.54, 1.807) is 10.9 Å². The number of hydrogen-bond acceptors (Lipinski definition) is 6. The second-order valence-corrected chi connectivity index (χ2v) is 3.49. The third kappa shape index (κ3) is 2.41. The van der Waals surface area contributed by atoms with E-state index in [4.69, 9.17) is 14.6 Å². The van der Waals surface area contributed by atoms with E-state index in [-0.39, 0.29) is 13.3 Å². The van der Waals surface area contributed by atoms with Crippen molar-refractivity contribution >= 4 is 11.2 Å². The molecule has 0 amide bonds. The van der Waals surface area contributed by atoms with Crippen LogP contribution in [-0.4, -0.2) is 44.6 Å². The fraction of sp³-hybridized carbons (Fsp3) is 0.500. The first-order valence-corrected chi connectivity index (χ1v) is 5.14. The van der Waals surface area contributed by atoms with Crippen molar-refractivity contribution in [1.82, 2.24) is 19.5 Å². The van der Waals surface area contributed by atoms with Crippen LogP contribution in [-0.2, 0) is 16.2 Å². The molecule has 0 saturated carbocycles. The highest BCUT2D eigenvalue weighted by molar-refractivity contribution is 5.72. The summed E-state index contributed by atoms with van der Waals surface area (Å²) in [6.45, 7) is 1.89. The lowest BCUT2D eigenvalue weighted by molar-refractivity contribution is -0.165. The SMILES string of the molecule is COC(CO)OCn1cnc2c(C)ncnc21. The molecule has 0 radical (unpaired) electrons. The van der Waals surface area contributed by atoms with Gasteiger partial charge in [0.05, 0.1) is 18.6 Å². The quantitative estimate of drug-likeness (QED) is 0.742. The van der Waals surface area contributed by atoms with Gasteiger partial charge < -0.3 is 14.6 Å². The van der Waals surface area contributed by atoms with Gasteiger partial charge in [0.2, 0.25) is 0 Å². The maximum atomic E-state index is 8.91. The van der Waals surface area contributed by atoms with Gasteiger partial charge in [-0.05, 0) is 6.92 Å². The summed E-state index contributed by atoms with van der Waals surface area (Å²) in [5, 5.41) is 8.91. The molecule has 1 atom stereocenters. The molecule has 0 fully saturated rings. The molecule has 1 N–H and O–H groups in total. The predicted molar refractivity (Wildman–Crippen MR) is 59.0 cm³/mol. The van der Waals surface area contributed by atoms with Crippen molar-refractivity contribution in [1.29, 1.82) is 0 Å². The number of aromatic nitrogens is 4. The Hall–Kier alpha value is -1.57. The van der Waals surface area contributed by atoms with Gasteiger partial charge in [0.15, 0.2) is 11.9 Å². The van der Waals surface area contributed by atoms with Crippen molar-refractivity contribution in [3.8, 4) is 0 Å². The second-order valence-electron chi connectivity index (χ2n) is 3.49. The zero-order valence-corrected chi connectivity index (χ0v) is 9.70. The van der Waals surface area contributed by atoms with Gasteiger partial charge in [-0.15, -0.1) is 0 Å². The van der Waals surface area contributed by atoms with Gasteiger partial charge in [-0.1, -0.05) is 0 Å². The summed E-state index contributed by atoms with van der Waals surface area (Å²) in [7, 11) is 1.47. The molecular weight excluding hydrogens is 224 g/mol. The lowest BCUT2D eigenvalue weighted by Gasteiger charge is -2.13. The van der Waals surface area contributed by atoms with Crippen molar-refractivity contribution in [3.05, 3.63) is 18.3 Å². The molecule has 17 heavy (non-hydrogen) atoms. The van der Waals surface area contributed by atoms with Crippen LogP contribution in [0.15, 0.2) is 12.7 Å². The van der Waals surface area contributed by atoms with Gasteiger partial charge in [-0.25, -0.2) is 15.0 Å². The molecule has 0 aliphatic carbocycles. The van der Waals surface area contributed by atoms with Crippen molar-refractivity contribution in [2.45, 2.75) is 19.9 Å². The summed E-state index contributed by atoms with van der Waals surface area (Å²) < 4.78 is 11.9. The van der Waals surface area contributed by atoms with Crippen molar-refractivity contribution in [3.63, 3.8) is 0 Å². The highest BCUT2D eigenvalue weighted by atomic mass is 16.7. The summed E-state index contributed by atoms with van der Waals surface area (Å²) in [6, 6.07) is 0. The van der Waals surface area contributed by atoms with E-state index in [0.29, 0.717) is 5.65 Å². The minimum Gasteiger partial charge on any atom is -0.391 e. The molecule has 0 aliphatic rings. The number of fused-ring (bicyclic) bond motifs is 1. The van der Waals surface area contributed by atoms with Crippen molar-refractivity contribution in [2.24, 2.45) is 0 Å². The summed E-state index contributed by atoms with van der Waals surface area (Å²) in [4.78, 5) is 12.4. The smallest absolute Gasteiger partial charge is 0.182 e. The Morgan fingerprint density at radius 3 is 2.94 bits per heavy atom. The summed E-state index contributed by atoms with van der Waals surface area (Å²) in [5.41, 5.74) is 2.26. The number of rotatable bonds is 5. The van der Waals surface area contributed by atoms with Gasteiger partial charge >= 0.3 is 0 Å². The summed E-state index contributed by atoms with van der Waals surface area (Å²) in [6.07, 6.45) is 2.46. The number of aliphatic hydroxyl groups is 1. The molecular formula is C10H14N4O3. The van der Waals surface area contributed by atoms with Crippen LogP contribution in [0.1, 0.15) is 5.69 Å². The molecule has 2 heterocycles. The van der Waals surface area contributed by atoms with Gasteiger partial charge in [0.25, 0.3) is 0 Å². The number of aliphatic hydroxyl groups excluding tert-OH is 1. The van der Waals surface area contributed by atoms with Gasteiger partial charge in [-0.2, -0.15) is 0 Å². The third-order valence-electron chi connectivity index (χ3n) is 2.40. The van der Waals surface area contributed by atoms with Crippen LogP contribution in [0, 0.1) is 6.92 Å². The third-order valence-corrected chi connectivity index (χ3v) is 2.40. The molecule has 2 rings (SSSR count). The Bertz CT molecular complexity index is 495. The van der Waals surface area contributed by atoms with E-state index in [0.717, 1.165) is 11.2 Å². The highest BCUT2D eigenvalue weighted by Gasteiger charge is 2.09. The zero-order valence-electron chi connectivity index (χ0n) is 9.70. The van der Waals surface area contributed by atoms with Gasteiger partial charge in [0, 0.05) is 7.11 Å². The highest BCUT2D eigenvalue weighted by Crippen LogP contribution is 2.12. The first-order chi connectivity index (χ1) is 8.26. The Morgan fingerprint density at radius 1 is 1.41 bits per heavy atom. The van der Waals surface area contributed by atoms with E-state index < -0.39 is 6.29 Å². The van der Waals surface area contributed by atoms with Crippen LogP contribution in [0.25, 0.3) is 11.2 Å². The molecule has 0 saturated heterocycles.